The highest BCUT2D eigenvalue weighted by atomic mass is 32.1. The lowest BCUT2D eigenvalue weighted by Gasteiger charge is -2.37. The van der Waals surface area contributed by atoms with Gasteiger partial charge in [0.1, 0.15) is 5.69 Å². The van der Waals surface area contributed by atoms with Crippen molar-refractivity contribution in [1.82, 2.24) is 25.1 Å². The number of likely N-dealkylation sites (N-methyl/N-ethyl adjacent to an activating group) is 1. The second-order valence-corrected chi connectivity index (χ2v) is 7.10. The Morgan fingerprint density at radius 1 is 1.29 bits per heavy atom. The molecule has 0 aliphatic carbocycles. The largest absolute Gasteiger partial charge is 0.349 e. The number of carbonyl (C=O) groups is 1. The van der Waals surface area contributed by atoms with Crippen LogP contribution in [0, 0.1) is 6.92 Å². The van der Waals surface area contributed by atoms with Crippen LogP contribution in [-0.4, -0.2) is 65.4 Å². The molecule has 1 fully saturated rings. The molecule has 0 radical (unpaired) electrons. The predicted molar refractivity (Wildman–Crippen MR) is 95.2 cm³/mol. The van der Waals surface area contributed by atoms with E-state index < -0.39 is 0 Å². The molecule has 3 rings (SSSR count). The topological polar surface area (TPSA) is 61.4 Å². The molecule has 0 aromatic carbocycles. The summed E-state index contributed by atoms with van der Waals surface area (Å²) in [7, 11) is 2.15. The highest BCUT2D eigenvalue weighted by Crippen LogP contribution is 2.25. The summed E-state index contributed by atoms with van der Waals surface area (Å²) in [6, 6.07) is 4.42. The molecule has 128 valence electrons. The normalized spacial score (nSPS) is 17.6. The standard InChI is InChI=1S/C17H23N5OS/c1-13-10-19-14(11-18-13)17(23)20-12-15(16-4-3-9-24-16)22-7-5-21(2)6-8-22/h3-4,9-11,15H,5-8,12H2,1-2H3,(H,20,23)/t15-/m1/s1. The molecule has 3 heterocycles. The van der Waals surface area contributed by atoms with Crippen molar-refractivity contribution in [3.63, 3.8) is 0 Å². The molecule has 1 atom stereocenters. The number of hydrogen-bond acceptors (Lipinski definition) is 6. The average Bonchev–Trinajstić information content (AvgIpc) is 3.11. The first-order valence-electron chi connectivity index (χ1n) is 8.16. The summed E-state index contributed by atoms with van der Waals surface area (Å²) in [5.41, 5.74) is 1.17. The number of thiophene rings is 1. The first-order chi connectivity index (χ1) is 11.6. The van der Waals surface area contributed by atoms with Crippen LogP contribution in [0.3, 0.4) is 0 Å². The zero-order chi connectivity index (χ0) is 16.9. The van der Waals surface area contributed by atoms with Gasteiger partial charge in [0.05, 0.1) is 17.9 Å². The summed E-state index contributed by atoms with van der Waals surface area (Å²) >= 11 is 1.74. The van der Waals surface area contributed by atoms with Crippen molar-refractivity contribution < 1.29 is 4.79 Å². The SMILES string of the molecule is Cc1cnc(C(=O)NC[C@H](c2cccs2)N2CCN(C)CC2)cn1. The summed E-state index contributed by atoms with van der Waals surface area (Å²) in [6.45, 7) is 6.57. The molecule has 1 N–H and O–H groups in total. The molecular weight excluding hydrogens is 322 g/mol. The van der Waals surface area contributed by atoms with Crippen LogP contribution in [0.2, 0.25) is 0 Å². The Labute approximate surface area is 146 Å². The van der Waals surface area contributed by atoms with Gasteiger partial charge in [0.25, 0.3) is 5.91 Å². The lowest BCUT2D eigenvalue weighted by Crippen LogP contribution is -2.48. The van der Waals surface area contributed by atoms with E-state index in [1.165, 1.54) is 11.1 Å². The molecule has 1 amide bonds. The van der Waals surface area contributed by atoms with Crippen LogP contribution in [0.4, 0.5) is 0 Å². The summed E-state index contributed by atoms with van der Waals surface area (Å²) in [5.74, 6) is -0.168. The number of nitrogens with one attached hydrogen (secondary N) is 1. The fraction of sp³-hybridized carbons (Fsp3) is 0.471. The first kappa shape index (κ1) is 17.0. The first-order valence-corrected chi connectivity index (χ1v) is 9.04. The monoisotopic (exact) mass is 345 g/mol. The molecular formula is C17H23N5OS. The van der Waals surface area contributed by atoms with Gasteiger partial charge < -0.3 is 10.2 Å². The van der Waals surface area contributed by atoms with Crippen LogP contribution < -0.4 is 5.32 Å². The number of nitrogens with zero attached hydrogens (tertiary/aromatic N) is 4. The number of rotatable bonds is 5. The van der Waals surface area contributed by atoms with Crippen LogP contribution in [0.25, 0.3) is 0 Å². The summed E-state index contributed by atoms with van der Waals surface area (Å²) < 4.78 is 0. The predicted octanol–water partition coefficient (Wildman–Crippen LogP) is 1.57. The quantitative estimate of drug-likeness (QED) is 0.891. The Balaban J connectivity index is 1.66. The zero-order valence-electron chi connectivity index (χ0n) is 14.1. The highest BCUT2D eigenvalue weighted by Gasteiger charge is 2.25. The maximum Gasteiger partial charge on any atom is 0.271 e. The molecule has 2 aromatic rings. The van der Waals surface area contributed by atoms with E-state index in [4.69, 9.17) is 0 Å². The molecule has 7 heteroatoms. The third-order valence-corrected chi connectivity index (χ3v) is 5.29. The van der Waals surface area contributed by atoms with Crippen molar-refractivity contribution in [3.8, 4) is 0 Å². The van der Waals surface area contributed by atoms with E-state index in [1.54, 1.807) is 17.5 Å². The van der Waals surface area contributed by atoms with E-state index in [1.807, 2.05) is 6.92 Å². The molecule has 2 aromatic heterocycles. The van der Waals surface area contributed by atoms with Gasteiger partial charge in [0.15, 0.2) is 0 Å². The molecule has 1 saturated heterocycles. The fourth-order valence-corrected chi connectivity index (χ4v) is 3.67. The van der Waals surface area contributed by atoms with Gasteiger partial charge in [0.2, 0.25) is 0 Å². The Morgan fingerprint density at radius 3 is 2.71 bits per heavy atom. The van der Waals surface area contributed by atoms with Crippen LogP contribution in [0.5, 0.6) is 0 Å². The Kier molecular flexibility index (Phi) is 5.55. The molecule has 0 bridgehead atoms. The van der Waals surface area contributed by atoms with Gasteiger partial charge in [-0.3, -0.25) is 14.7 Å². The molecule has 0 spiro atoms. The minimum absolute atomic E-state index is 0.168. The van der Waals surface area contributed by atoms with Crippen molar-refractivity contribution in [3.05, 3.63) is 46.2 Å². The maximum atomic E-state index is 12.3. The van der Waals surface area contributed by atoms with Gasteiger partial charge in [-0.25, -0.2) is 4.98 Å². The van der Waals surface area contributed by atoms with E-state index >= 15 is 0 Å². The van der Waals surface area contributed by atoms with E-state index in [2.05, 4.69) is 49.6 Å². The Hall–Kier alpha value is -1.83. The summed E-state index contributed by atoms with van der Waals surface area (Å²) in [6.07, 6.45) is 3.15. The summed E-state index contributed by atoms with van der Waals surface area (Å²) in [5, 5.41) is 5.11. The Morgan fingerprint density at radius 2 is 2.08 bits per heavy atom. The van der Waals surface area contributed by atoms with Crippen LogP contribution >= 0.6 is 11.3 Å². The number of aryl methyl sites for hydroxylation is 1. The second-order valence-electron chi connectivity index (χ2n) is 6.12. The molecule has 24 heavy (non-hydrogen) atoms. The van der Waals surface area contributed by atoms with Crippen molar-refractivity contribution in [2.45, 2.75) is 13.0 Å². The van der Waals surface area contributed by atoms with E-state index in [0.717, 1.165) is 31.9 Å². The maximum absolute atomic E-state index is 12.3. The minimum Gasteiger partial charge on any atom is -0.349 e. The third-order valence-electron chi connectivity index (χ3n) is 4.32. The number of amides is 1. The Bertz CT molecular complexity index is 650. The van der Waals surface area contributed by atoms with Crippen LogP contribution in [0.15, 0.2) is 29.9 Å². The molecule has 0 unspecified atom stereocenters. The van der Waals surface area contributed by atoms with Gasteiger partial charge in [0, 0.05) is 43.8 Å². The van der Waals surface area contributed by atoms with Crippen LogP contribution in [0.1, 0.15) is 27.1 Å². The fourth-order valence-electron chi connectivity index (χ4n) is 2.81. The lowest BCUT2D eigenvalue weighted by atomic mass is 10.1. The van der Waals surface area contributed by atoms with E-state index in [9.17, 15) is 4.79 Å². The highest BCUT2D eigenvalue weighted by molar-refractivity contribution is 7.10. The lowest BCUT2D eigenvalue weighted by molar-refractivity contribution is 0.0885. The summed E-state index contributed by atoms with van der Waals surface area (Å²) in [4.78, 5) is 26.7. The van der Waals surface area contributed by atoms with Gasteiger partial charge in [-0.2, -0.15) is 0 Å². The van der Waals surface area contributed by atoms with Crippen LogP contribution in [-0.2, 0) is 0 Å². The number of hydrogen-bond donors (Lipinski definition) is 1. The smallest absolute Gasteiger partial charge is 0.271 e. The van der Waals surface area contributed by atoms with Crippen molar-refractivity contribution in [2.75, 3.05) is 39.8 Å². The molecule has 0 saturated carbocycles. The number of carbonyl (C=O) groups excluding carboxylic acids is 1. The van der Waals surface area contributed by atoms with Gasteiger partial charge in [-0.05, 0) is 25.4 Å². The molecule has 1 aliphatic rings. The molecule has 1 aliphatic heterocycles. The van der Waals surface area contributed by atoms with E-state index in [0.29, 0.717) is 12.2 Å². The number of piperazine rings is 1. The average molecular weight is 345 g/mol. The van der Waals surface area contributed by atoms with Crippen molar-refractivity contribution >= 4 is 17.2 Å². The van der Waals surface area contributed by atoms with Gasteiger partial charge in [-0.1, -0.05) is 6.07 Å². The zero-order valence-corrected chi connectivity index (χ0v) is 14.9. The van der Waals surface area contributed by atoms with Gasteiger partial charge >= 0.3 is 0 Å². The second kappa shape index (κ2) is 7.83. The van der Waals surface area contributed by atoms with Gasteiger partial charge in [-0.15, -0.1) is 11.3 Å². The third kappa shape index (κ3) is 4.17. The van der Waals surface area contributed by atoms with E-state index in [-0.39, 0.29) is 11.9 Å². The molecule has 6 nitrogen and oxygen atoms in total. The minimum atomic E-state index is -0.168. The van der Waals surface area contributed by atoms with Crippen molar-refractivity contribution in [2.24, 2.45) is 0 Å². The van der Waals surface area contributed by atoms with Crippen molar-refractivity contribution in [1.29, 1.82) is 0 Å². The number of aromatic nitrogens is 2.